The molecule has 6 nitrogen and oxygen atoms in total. The minimum Gasteiger partial charge on any atom is -0.492 e. The highest BCUT2D eigenvalue weighted by Gasteiger charge is 2.15. The molecule has 1 amide bonds. The van der Waals surface area contributed by atoms with E-state index in [1.54, 1.807) is 36.4 Å². The predicted octanol–water partition coefficient (Wildman–Crippen LogP) is 5.36. The highest BCUT2D eigenvalue weighted by Crippen LogP contribution is 2.37. The van der Waals surface area contributed by atoms with E-state index in [1.165, 1.54) is 6.08 Å². The van der Waals surface area contributed by atoms with E-state index in [9.17, 15) is 10.1 Å². The molecule has 2 aromatic rings. The van der Waals surface area contributed by atoms with Crippen LogP contribution in [0.15, 0.2) is 59.1 Å². The van der Waals surface area contributed by atoms with Crippen LogP contribution >= 0.6 is 15.9 Å². The van der Waals surface area contributed by atoms with E-state index >= 15 is 0 Å². The maximum atomic E-state index is 12.7. The summed E-state index contributed by atoms with van der Waals surface area (Å²) in [6.07, 6.45) is 3.12. The molecule has 0 bridgehead atoms. The van der Waals surface area contributed by atoms with Crippen molar-refractivity contribution in [3.8, 4) is 23.3 Å². The first-order valence-electron chi connectivity index (χ1n) is 9.39. The Labute approximate surface area is 184 Å². The molecule has 0 aliphatic carbocycles. The third-order valence-electron chi connectivity index (χ3n) is 3.79. The zero-order chi connectivity index (χ0) is 21.9. The fraction of sp³-hybridized carbons (Fsp3) is 0.217. The van der Waals surface area contributed by atoms with Crippen LogP contribution in [0.5, 0.6) is 17.2 Å². The highest BCUT2D eigenvalue weighted by molar-refractivity contribution is 9.10. The number of carbonyl (C=O) groups excluding carboxylic acids is 1. The van der Waals surface area contributed by atoms with Gasteiger partial charge in [-0.1, -0.05) is 24.8 Å². The van der Waals surface area contributed by atoms with E-state index in [2.05, 4.69) is 27.8 Å². The molecule has 0 atom stereocenters. The lowest BCUT2D eigenvalue weighted by atomic mass is 10.1. The van der Waals surface area contributed by atoms with E-state index in [1.807, 2.05) is 26.0 Å². The lowest BCUT2D eigenvalue weighted by Crippen LogP contribution is -2.14. The van der Waals surface area contributed by atoms with E-state index in [0.29, 0.717) is 52.8 Å². The fourth-order valence-corrected chi connectivity index (χ4v) is 3.15. The molecule has 0 aliphatic rings. The Hall–Kier alpha value is -3.24. The van der Waals surface area contributed by atoms with Gasteiger partial charge in [-0.15, -0.1) is 0 Å². The molecule has 0 saturated heterocycles. The number of nitrogens with one attached hydrogen (secondary N) is 1. The monoisotopic (exact) mass is 470 g/mol. The molecule has 0 fully saturated rings. The van der Waals surface area contributed by atoms with Crippen LogP contribution in [0.2, 0.25) is 0 Å². The zero-order valence-corrected chi connectivity index (χ0v) is 18.5. The maximum Gasteiger partial charge on any atom is 0.266 e. The van der Waals surface area contributed by atoms with Gasteiger partial charge in [0.25, 0.3) is 5.91 Å². The lowest BCUT2D eigenvalue weighted by Gasteiger charge is -2.14. The second-order valence-corrected chi connectivity index (χ2v) is 6.77. The summed E-state index contributed by atoms with van der Waals surface area (Å²) in [5.74, 6) is 1.03. The number of benzene rings is 2. The van der Waals surface area contributed by atoms with E-state index in [-0.39, 0.29) is 5.57 Å². The van der Waals surface area contributed by atoms with Gasteiger partial charge in [-0.3, -0.25) is 4.79 Å². The molecule has 0 spiro atoms. The molecule has 2 rings (SSSR count). The van der Waals surface area contributed by atoms with Gasteiger partial charge in [0, 0.05) is 0 Å². The summed E-state index contributed by atoms with van der Waals surface area (Å²) in [6, 6.07) is 12.5. The van der Waals surface area contributed by atoms with Crippen molar-refractivity contribution in [3.63, 3.8) is 0 Å². The molecule has 1 N–H and O–H groups in total. The number of hydrogen-bond acceptors (Lipinski definition) is 5. The number of rotatable bonds is 10. The van der Waals surface area contributed by atoms with Crippen LogP contribution in [0.3, 0.4) is 0 Å². The lowest BCUT2D eigenvalue weighted by molar-refractivity contribution is -0.112. The summed E-state index contributed by atoms with van der Waals surface area (Å²) in [7, 11) is 0. The molecule has 0 aromatic heterocycles. The topological polar surface area (TPSA) is 80.6 Å². The van der Waals surface area contributed by atoms with Crippen molar-refractivity contribution in [2.75, 3.05) is 25.1 Å². The maximum absolute atomic E-state index is 12.7. The van der Waals surface area contributed by atoms with E-state index < -0.39 is 5.91 Å². The smallest absolute Gasteiger partial charge is 0.266 e. The Balaban J connectivity index is 2.34. The molecular weight excluding hydrogens is 448 g/mol. The first-order chi connectivity index (χ1) is 14.5. The highest BCUT2D eigenvalue weighted by atomic mass is 79.9. The van der Waals surface area contributed by atoms with Gasteiger partial charge in [0.15, 0.2) is 11.5 Å². The number of hydrogen-bond donors (Lipinski definition) is 1. The van der Waals surface area contributed by atoms with Crippen molar-refractivity contribution in [1.82, 2.24) is 0 Å². The standard InChI is InChI=1S/C23H23BrN2O4/c1-4-11-30-22-18(24)13-16(14-21(22)29-6-3)12-17(15-25)23(27)26-19-9-7-8-10-20(19)28-5-2/h4,7-10,12-14H,1,5-6,11H2,2-3H3,(H,26,27)/b17-12+. The van der Waals surface area contributed by atoms with Gasteiger partial charge in [-0.05, 0) is 65.7 Å². The Kier molecular flexibility index (Phi) is 8.98. The van der Waals surface area contributed by atoms with Crippen LogP contribution in [0.4, 0.5) is 5.69 Å². The van der Waals surface area contributed by atoms with Crippen molar-refractivity contribution in [3.05, 3.63) is 64.7 Å². The van der Waals surface area contributed by atoms with E-state index in [4.69, 9.17) is 14.2 Å². The molecule has 0 radical (unpaired) electrons. The Morgan fingerprint density at radius 3 is 2.53 bits per heavy atom. The van der Waals surface area contributed by atoms with Crippen LogP contribution < -0.4 is 19.5 Å². The molecule has 0 heterocycles. The summed E-state index contributed by atoms with van der Waals surface area (Å²) in [5.41, 5.74) is 1.05. The Morgan fingerprint density at radius 2 is 1.87 bits per heavy atom. The van der Waals surface area contributed by atoms with Crippen molar-refractivity contribution in [2.24, 2.45) is 0 Å². The van der Waals surface area contributed by atoms with Gasteiger partial charge in [-0.25, -0.2) is 0 Å². The molecule has 156 valence electrons. The van der Waals surface area contributed by atoms with Crippen molar-refractivity contribution in [1.29, 1.82) is 5.26 Å². The molecule has 7 heteroatoms. The Bertz CT molecular complexity index is 980. The van der Waals surface area contributed by atoms with Crippen LogP contribution in [-0.4, -0.2) is 25.7 Å². The molecule has 0 unspecified atom stereocenters. The third kappa shape index (κ3) is 6.13. The van der Waals surface area contributed by atoms with Gasteiger partial charge in [0.2, 0.25) is 0 Å². The van der Waals surface area contributed by atoms with Crippen molar-refractivity contribution in [2.45, 2.75) is 13.8 Å². The van der Waals surface area contributed by atoms with Gasteiger partial charge in [0.1, 0.15) is 24.0 Å². The molecule has 0 aliphatic heterocycles. The summed E-state index contributed by atoms with van der Waals surface area (Å²) in [4.78, 5) is 12.7. The largest absolute Gasteiger partial charge is 0.492 e. The molecule has 30 heavy (non-hydrogen) atoms. The minimum absolute atomic E-state index is 0.0598. The normalized spacial score (nSPS) is 10.7. The first-order valence-corrected chi connectivity index (χ1v) is 10.2. The number of anilines is 1. The number of halogens is 1. The van der Waals surface area contributed by atoms with Gasteiger partial charge >= 0.3 is 0 Å². The van der Waals surface area contributed by atoms with Crippen LogP contribution in [-0.2, 0) is 4.79 Å². The third-order valence-corrected chi connectivity index (χ3v) is 4.38. The predicted molar refractivity (Wildman–Crippen MR) is 121 cm³/mol. The number of ether oxygens (including phenoxy) is 3. The number of nitrogens with zero attached hydrogens (tertiary/aromatic N) is 1. The molecule has 2 aromatic carbocycles. The van der Waals surface area contributed by atoms with Crippen molar-refractivity contribution < 1.29 is 19.0 Å². The van der Waals surface area contributed by atoms with Gasteiger partial charge in [-0.2, -0.15) is 5.26 Å². The van der Waals surface area contributed by atoms with Crippen LogP contribution in [0.1, 0.15) is 19.4 Å². The average molecular weight is 471 g/mol. The average Bonchev–Trinajstić information content (AvgIpc) is 2.73. The molecular formula is C23H23BrN2O4. The number of amides is 1. The number of para-hydroxylation sites is 2. The van der Waals surface area contributed by atoms with Crippen LogP contribution in [0.25, 0.3) is 6.08 Å². The SMILES string of the molecule is C=CCOc1c(Br)cc(/C=C(\C#N)C(=O)Nc2ccccc2OCC)cc1OCC. The van der Waals surface area contributed by atoms with Crippen LogP contribution in [0, 0.1) is 11.3 Å². The summed E-state index contributed by atoms with van der Waals surface area (Å²) in [5, 5.41) is 12.3. The minimum atomic E-state index is -0.536. The first kappa shape index (κ1) is 23.0. The molecule has 0 saturated carbocycles. The summed E-state index contributed by atoms with van der Waals surface area (Å²) >= 11 is 3.46. The second kappa shape index (κ2) is 11.7. The number of nitriles is 1. The van der Waals surface area contributed by atoms with Crippen molar-refractivity contribution >= 4 is 33.6 Å². The fourth-order valence-electron chi connectivity index (χ4n) is 2.57. The van der Waals surface area contributed by atoms with Gasteiger partial charge in [0.05, 0.1) is 23.4 Å². The summed E-state index contributed by atoms with van der Waals surface area (Å²) in [6.45, 7) is 8.57. The zero-order valence-electron chi connectivity index (χ0n) is 16.9. The van der Waals surface area contributed by atoms with E-state index in [0.717, 1.165) is 0 Å². The Morgan fingerprint density at radius 1 is 1.17 bits per heavy atom. The van der Waals surface area contributed by atoms with Gasteiger partial charge < -0.3 is 19.5 Å². The summed E-state index contributed by atoms with van der Waals surface area (Å²) < 4.78 is 17.5. The quantitative estimate of drug-likeness (QED) is 0.287. The second-order valence-electron chi connectivity index (χ2n) is 5.92. The number of carbonyl (C=O) groups is 1.